The summed E-state index contributed by atoms with van der Waals surface area (Å²) in [4.78, 5) is 14.3. The fourth-order valence-electron chi connectivity index (χ4n) is 3.03. The minimum absolute atomic E-state index is 0.285. The Morgan fingerprint density at radius 3 is 2.94 bits per heavy atom. The van der Waals surface area contributed by atoms with Crippen LogP contribution in [0.4, 0.5) is 0 Å². The van der Waals surface area contributed by atoms with Crippen LogP contribution in [-0.4, -0.2) is 36.5 Å². The van der Waals surface area contributed by atoms with Crippen LogP contribution >= 0.6 is 0 Å². The van der Waals surface area contributed by atoms with Crippen molar-refractivity contribution < 1.29 is 4.79 Å². The molecule has 0 aromatic heterocycles. The molecule has 1 N–H and O–H groups in total. The molecule has 2 heterocycles. The van der Waals surface area contributed by atoms with Crippen LogP contribution < -0.4 is 5.32 Å². The summed E-state index contributed by atoms with van der Waals surface area (Å²) in [6.07, 6.45) is 1.71. The van der Waals surface area contributed by atoms with Crippen molar-refractivity contribution in [2.24, 2.45) is 5.92 Å². The van der Waals surface area contributed by atoms with Crippen molar-refractivity contribution in [3.05, 3.63) is 35.9 Å². The van der Waals surface area contributed by atoms with Crippen LogP contribution in [0.1, 0.15) is 12.0 Å². The van der Waals surface area contributed by atoms with E-state index in [0.29, 0.717) is 18.4 Å². The van der Waals surface area contributed by atoms with Crippen molar-refractivity contribution >= 4 is 5.91 Å². The molecule has 3 nitrogen and oxygen atoms in total. The molecule has 0 bridgehead atoms. The van der Waals surface area contributed by atoms with Gasteiger partial charge in [-0.2, -0.15) is 0 Å². The average molecular weight is 230 g/mol. The van der Waals surface area contributed by atoms with Crippen LogP contribution in [0.3, 0.4) is 0 Å². The van der Waals surface area contributed by atoms with Crippen LogP contribution in [0.2, 0.25) is 0 Å². The lowest BCUT2D eigenvalue weighted by Gasteiger charge is -2.23. The van der Waals surface area contributed by atoms with E-state index in [1.165, 1.54) is 0 Å². The number of amides is 1. The number of hydrogen-bond acceptors (Lipinski definition) is 2. The topological polar surface area (TPSA) is 32.3 Å². The predicted octanol–water partition coefficient (Wildman–Crippen LogP) is 1.05. The molecule has 0 saturated carbocycles. The number of nitrogens with zero attached hydrogens (tertiary/aromatic N) is 1. The Hall–Kier alpha value is -1.35. The van der Waals surface area contributed by atoms with Crippen molar-refractivity contribution in [1.29, 1.82) is 0 Å². The Morgan fingerprint density at radius 2 is 2.12 bits per heavy atom. The summed E-state index contributed by atoms with van der Waals surface area (Å²) in [6.45, 7) is 3.01. The molecule has 2 atom stereocenters. The van der Waals surface area contributed by atoms with Crippen LogP contribution in [-0.2, 0) is 11.2 Å². The maximum Gasteiger partial charge on any atom is 0.227 e. The molecule has 2 fully saturated rings. The number of hydrogen-bond donors (Lipinski definition) is 1. The van der Waals surface area contributed by atoms with Gasteiger partial charge >= 0.3 is 0 Å². The van der Waals surface area contributed by atoms with Gasteiger partial charge in [-0.05, 0) is 17.9 Å². The third-order valence-electron chi connectivity index (χ3n) is 3.96. The number of likely N-dealkylation sites (tertiary alicyclic amines) is 1. The van der Waals surface area contributed by atoms with E-state index in [1.54, 1.807) is 0 Å². The first-order valence-corrected chi connectivity index (χ1v) is 6.39. The van der Waals surface area contributed by atoms with Gasteiger partial charge in [0.15, 0.2) is 0 Å². The Morgan fingerprint density at radius 1 is 1.29 bits per heavy atom. The summed E-state index contributed by atoms with van der Waals surface area (Å²) < 4.78 is 0. The molecule has 1 amide bonds. The maximum absolute atomic E-state index is 12.3. The zero-order chi connectivity index (χ0) is 11.7. The van der Waals surface area contributed by atoms with Gasteiger partial charge in [0.25, 0.3) is 0 Å². The van der Waals surface area contributed by atoms with Gasteiger partial charge in [-0.1, -0.05) is 30.3 Å². The van der Waals surface area contributed by atoms with Gasteiger partial charge < -0.3 is 10.2 Å². The first kappa shape index (κ1) is 10.8. The SMILES string of the molecule is O=C(Cc1ccccc1)N1CC[C@@H]2CNC[C@@H]21. The Balaban J connectivity index is 1.67. The van der Waals surface area contributed by atoms with Crippen molar-refractivity contribution in [2.45, 2.75) is 18.9 Å². The molecule has 2 aliphatic heterocycles. The Kier molecular flexibility index (Phi) is 2.85. The van der Waals surface area contributed by atoms with Gasteiger partial charge in [0, 0.05) is 25.7 Å². The summed E-state index contributed by atoms with van der Waals surface area (Å²) in [6, 6.07) is 10.5. The second-order valence-electron chi connectivity index (χ2n) is 5.02. The highest BCUT2D eigenvalue weighted by Gasteiger charge is 2.39. The van der Waals surface area contributed by atoms with E-state index in [9.17, 15) is 4.79 Å². The molecule has 90 valence electrons. The predicted molar refractivity (Wildman–Crippen MR) is 66.6 cm³/mol. The van der Waals surface area contributed by atoms with Crippen LogP contribution in [0.25, 0.3) is 0 Å². The second kappa shape index (κ2) is 4.49. The molecule has 3 heteroatoms. The maximum atomic E-state index is 12.3. The van der Waals surface area contributed by atoms with E-state index >= 15 is 0 Å². The van der Waals surface area contributed by atoms with Gasteiger partial charge in [0.2, 0.25) is 5.91 Å². The second-order valence-corrected chi connectivity index (χ2v) is 5.02. The monoisotopic (exact) mass is 230 g/mol. The van der Waals surface area contributed by atoms with Gasteiger partial charge in [-0.15, -0.1) is 0 Å². The lowest BCUT2D eigenvalue weighted by atomic mass is 10.0. The molecule has 0 spiro atoms. The summed E-state index contributed by atoms with van der Waals surface area (Å²) in [5.41, 5.74) is 1.12. The fourth-order valence-corrected chi connectivity index (χ4v) is 3.03. The minimum atomic E-state index is 0.285. The molecule has 1 aromatic rings. The third-order valence-corrected chi connectivity index (χ3v) is 3.96. The number of carbonyl (C=O) groups excluding carboxylic acids is 1. The third kappa shape index (κ3) is 2.07. The van der Waals surface area contributed by atoms with Crippen molar-refractivity contribution in [3.8, 4) is 0 Å². The lowest BCUT2D eigenvalue weighted by Crippen LogP contribution is -2.39. The van der Waals surface area contributed by atoms with Crippen molar-refractivity contribution in [2.75, 3.05) is 19.6 Å². The van der Waals surface area contributed by atoms with Crippen LogP contribution in [0.15, 0.2) is 30.3 Å². The summed E-state index contributed by atoms with van der Waals surface area (Å²) in [5, 5.41) is 3.38. The van der Waals surface area contributed by atoms with Gasteiger partial charge in [0.05, 0.1) is 6.42 Å². The van der Waals surface area contributed by atoms with E-state index < -0.39 is 0 Å². The summed E-state index contributed by atoms with van der Waals surface area (Å²) in [7, 11) is 0. The molecular formula is C14H18N2O. The molecule has 2 saturated heterocycles. The zero-order valence-corrected chi connectivity index (χ0v) is 9.93. The molecule has 0 unspecified atom stereocenters. The Labute approximate surface area is 102 Å². The van der Waals surface area contributed by atoms with E-state index in [1.807, 2.05) is 30.3 Å². The smallest absolute Gasteiger partial charge is 0.227 e. The average Bonchev–Trinajstić information content (AvgIpc) is 2.91. The number of nitrogens with one attached hydrogen (secondary N) is 1. The first-order valence-electron chi connectivity index (χ1n) is 6.39. The van der Waals surface area contributed by atoms with E-state index in [-0.39, 0.29) is 5.91 Å². The number of carbonyl (C=O) groups is 1. The quantitative estimate of drug-likeness (QED) is 0.823. The van der Waals surface area contributed by atoms with Crippen molar-refractivity contribution in [1.82, 2.24) is 10.2 Å². The Bertz CT molecular complexity index is 404. The number of fused-ring (bicyclic) bond motifs is 1. The highest BCUT2D eigenvalue weighted by molar-refractivity contribution is 5.79. The summed E-state index contributed by atoms with van der Waals surface area (Å²) in [5.74, 6) is 0.974. The van der Waals surface area contributed by atoms with E-state index in [0.717, 1.165) is 31.6 Å². The van der Waals surface area contributed by atoms with Crippen molar-refractivity contribution in [3.63, 3.8) is 0 Å². The van der Waals surface area contributed by atoms with E-state index in [2.05, 4.69) is 10.2 Å². The largest absolute Gasteiger partial charge is 0.338 e. The zero-order valence-electron chi connectivity index (χ0n) is 9.93. The highest BCUT2D eigenvalue weighted by Crippen LogP contribution is 2.27. The van der Waals surface area contributed by atoms with E-state index in [4.69, 9.17) is 0 Å². The van der Waals surface area contributed by atoms with Gasteiger partial charge in [-0.25, -0.2) is 0 Å². The minimum Gasteiger partial charge on any atom is -0.338 e. The van der Waals surface area contributed by atoms with Crippen LogP contribution in [0.5, 0.6) is 0 Å². The lowest BCUT2D eigenvalue weighted by molar-refractivity contribution is -0.131. The first-order chi connectivity index (χ1) is 8.34. The number of rotatable bonds is 2. The van der Waals surface area contributed by atoms with Crippen LogP contribution in [0, 0.1) is 5.92 Å². The molecule has 2 aliphatic rings. The summed E-state index contributed by atoms with van der Waals surface area (Å²) >= 11 is 0. The molecule has 0 aliphatic carbocycles. The standard InChI is InChI=1S/C14H18N2O/c17-14(8-11-4-2-1-3-5-11)16-7-6-12-9-15-10-13(12)16/h1-5,12-13,15H,6-10H2/t12-,13+/m1/s1. The number of benzene rings is 1. The fraction of sp³-hybridized carbons (Fsp3) is 0.500. The van der Waals surface area contributed by atoms with Gasteiger partial charge in [0.1, 0.15) is 0 Å². The normalized spacial score (nSPS) is 27.2. The molecule has 1 aromatic carbocycles. The highest BCUT2D eigenvalue weighted by atomic mass is 16.2. The molecule has 3 rings (SSSR count). The van der Waals surface area contributed by atoms with Gasteiger partial charge in [-0.3, -0.25) is 4.79 Å². The molecule has 0 radical (unpaired) electrons. The molecule has 17 heavy (non-hydrogen) atoms. The molecular weight excluding hydrogens is 212 g/mol.